The van der Waals surface area contributed by atoms with Gasteiger partial charge in [0.15, 0.2) is 5.82 Å². The molecular formula is C27H41FN2O. The van der Waals surface area contributed by atoms with E-state index < -0.39 is 5.85 Å². The standard InChI is InChI=1S/C27H41FN2O/c1-4-6-8-10-11-12-13-15-23-21-29-26(30-22-23)24-16-18-25(19-17-24)31-27(3,28)20-14-9-7-5-2/h16-19,21-22H,4-15,20H2,1-3H3. The van der Waals surface area contributed by atoms with Crippen LogP contribution in [0.4, 0.5) is 4.39 Å². The molecule has 172 valence electrons. The Labute approximate surface area is 188 Å². The highest BCUT2D eigenvalue weighted by Gasteiger charge is 2.24. The Hall–Kier alpha value is -1.97. The number of benzene rings is 1. The van der Waals surface area contributed by atoms with Gasteiger partial charge in [-0.15, -0.1) is 0 Å². The zero-order chi connectivity index (χ0) is 22.4. The highest BCUT2D eigenvalue weighted by molar-refractivity contribution is 5.55. The van der Waals surface area contributed by atoms with Crippen molar-refractivity contribution in [1.29, 1.82) is 0 Å². The quantitative estimate of drug-likeness (QED) is 0.251. The van der Waals surface area contributed by atoms with Gasteiger partial charge in [0.25, 0.3) is 0 Å². The lowest BCUT2D eigenvalue weighted by Gasteiger charge is -2.22. The summed E-state index contributed by atoms with van der Waals surface area (Å²) in [6.45, 7) is 5.92. The molecule has 0 saturated heterocycles. The predicted molar refractivity (Wildman–Crippen MR) is 128 cm³/mol. The number of ether oxygens (including phenoxy) is 1. The van der Waals surface area contributed by atoms with E-state index >= 15 is 0 Å². The SMILES string of the molecule is CCCCCCCCCc1cnc(-c2ccc(OC(C)(F)CCCCCC)cc2)nc1. The number of aromatic nitrogens is 2. The molecule has 0 amide bonds. The molecule has 2 aromatic rings. The van der Waals surface area contributed by atoms with Gasteiger partial charge in [-0.2, -0.15) is 4.39 Å². The smallest absolute Gasteiger partial charge is 0.245 e. The summed E-state index contributed by atoms with van der Waals surface area (Å²) in [5, 5.41) is 0. The fourth-order valence-electron chi connectivity index (χ4n) is 3.76. The molecule has 0 aliphatic heterocycles. The molecule has 0 fully saturated rings. The summed E-state index contributed by atoms with van der Waals surface area (Å²) in [6.07, 6.45) is 18.7. The van der Waals surface area contributed by atoms with E-state index in [1.54, 1.807) is 12.1 Å². The van der Waals surface area contributed by atoms with E-state index in [0.29, 0.717) is 18.0 Å². The van der Waals surface area contributed by atoms with Gasteiger partial charge in [-0.25, -0.2) is 9.97 Å². The molecule has 1 heterocycles. The van der Waals surface area contributed by atoms with E-state index in [2.05, 4.69) is 23.8 Å². The van der Waals surface area contributed by atoms with Gasteiger partial charge in [-0.1, -0.05) is 71.6 Å². The first-order valence-corrected chi connectivity index (χ1v) is 12.3. The zero-order valence-corrected chi connectivity index (χ0v) is 19.8. The Balaban J connectivity index is 1.78. The molecule has 0 spiro atoms. The van der Waals surface area contributed by atoms with Crippen molar-refractivity contribution in [2.75, 3.05) is 0 Å². The average molecular weight is 429 g/mol. The number of halogens is 1. The summed E-state index contributed by atoms with van der Waals surface area (Å²) < 4.78 is 20.2. The summed E-state index contributed by atoms with van der Waals surface area (Å²) in [4.78, 5) is 9.05. The number of hydrogen-bond donors (Lipinski definition) is 0. The lowest BCUT2D eigenvalue weighted by atomic mass is 10.1. The number of nitrogens with zero attached hydrogens (tertiary/aromatic N) is 2. The van der Waals surface area contributed by atoms with Crippen molar-refractivity contribution in [1.82, 2.24) is 9.97 Å². The van der Waals surface area contributed by atoms with Crippen molar-refractivity contribution in [3.8, 4) is 17.1 Å². The van der Waals surface area contributed by atoms with Crippen LogP contribution in [0.3, 0.4) is 0 Å². The number of unbranched alkanes of at least 4 members (excludes halogenated alkanes) is 9. The Morgan fingerprint density at radius 2 is 1.32 bits per heavy atom. The van der Waals surface area contributed by atoms with Crippen LogP contribution in [0.15, 0.2) is 36.7 Å². The number of alkyl halides is 1. The molecule has 0 N–H and O–H groups in total. The van der Waals surface area contributed by atoms with Gasteiger partial charge < -0.3 is 4.74 Å². The second kappa shape index (κ2) is 14.2. The van der Waals surface area contributed by atoms with Crippen molar-refractivity contribution in [2.24, 2.45) is 0 Å². The third-order valence-corrected chi connectivity index (χ3v) is 5.69. The van der Waals surface area contributed by atoms with E-state index in [-0.39, 0.29) is 0 Å². The van der Waals surface area contributed by atoms with Gasteiger partial charge in [0.2, 0.25) is 5.85 Å². The molecule has 1 atom stereocenters. The molecule has 31 heavy (non-hydrogen) atoms. The first-order valence-electron chi connectivity index (χ1n) is 12.3. The molecule has 2 rings (SSSR count). The van der Waals surface area contributed by atoms with Crippen molar-refractivity contribution in [2.45, 2.75) is 110 Å². The number of hydrogen-bond acceptors (Lipinski definition) is 3. The Kier molecular flexibility index (Phi) is 11.6. The van der Waals surface area contributed by atoms with E-state index in [1.807, 2.05) is 24.5 Å². The number of rotatable bonds is 16. The van der Waals surface area contributed by atoms with Gasteiger partial charge in [-0.3, -0.25) is 0 Å². The van der Waals surface area contributed by atoms with Crippen LogP contribution < -0.4 is 4.74 Å². The highest BCUT2D eigenvalue weighted by atomic mass is 19.2. The highest BCUT2D eigenvalue weighted by Crippen LogP contribution is 2.27. The summed E-state index contributed by atoms with van der Waals surface area (Å²) in [7, 11) is 0. The maximum Gasteiger partial charge on any atom is 0.245 e. The lowest BCUT2D eigenvalue weighted by Crippen LogP contribution is -2.26. The summed E-state index contributed by atoms with van der Waals surface area (Å²) in [5.41, 5.74) is 2.10. The molecule has 1 aromatic carbocycles. The van der Waals surface area contributed by atoms with Gasteiger partial charge in [0.1, 0.15) is 5.75 Å². The normalized spacial score (nSPS) is 13.2. The Morgan fingerprint density at radius 1 is 0.774 bits per heavy atom. The predicted octanol–water partition coefficient (Wildman–Crippen LogP) is 8.47. The van der Waals surface area contributed by atoms with Crippen molar-refractivity contribution < 1.29 is 9.13 Å². The molecule has 0 radical (unpaired) electrons. The van der Waals surface area contributed by atoms with Crippen molar-refractivity contribution >= 4 is 0 Å². The van der Waals surface area contributed by atoms with E-state index in [4.69, 9.17) is 4.74 Å². The van der Waals surface area contributed by atoms with Crippen LogP contribution in [0, 0.1) is 0 Å². The Bertz CT molecular complexity index is 713. The van der Waals surface area contributed by atoms with Gasteiger partial charge >= 0.3 is 0 Å². The first-order chi connectivity index (χ1) is 15.0. The van der Waals surface area contributed by atoms with Crippen molar-refractivity contribution in [3.05, 3.63) is 42.2 Å². The largest absolute Gasteiger partial charge is 0.458 e. The van der Waals surface area contributed by atoms with Gasteiger partial charge in [-0.05, 0) is 49.1 Å². The topological polar surface area (TPSA) is 35.0 Å². The molecule has 0 aliphatic carbocycles. The summed E-state index contributed by atoms with van der Waals surface area (Å²) >= 11 is 0. The fourth-order valence-corrected chi connectivity index (χ4v) is 3.76. The van der Waals surface area contributed by atoms with Crippen LogP contribution in [-0.2, 0) is 6.42 Å². The minimum absolute atomic E-state index is 0.415. The van der Waals surface area contributed by atoms with Gasteiger partial charge in [0.05, 0.1) is 0 Å². The van der Waals surface area contributed by atoms with E-state index in [0.717, 1.165) is 37.7 Å². The second-order valence-electron chi connectivity index (χ2n) is 8.83. The van der Waals surface area contributed by atoms with Crippen LogP contribution in [0.5, 0.6) is 5.75 Å². The maximum atomic E-state index is 14.6. The first kappa shape index (κ1) is 25.3. The van der Waals surface area contributed by atoms with E-state index in [1.165, 1.54) is 57.4 Å². The molecule has 0 bridgehead atoms. The molecular weight excluding hydrogens is 387 g/mol. The monoisotopic (exact) mass is 428 g/mol. The molecule has 0 aliphatic rings. The zero-order valence-electron chi connectivity index (χ0n) is 19.8. The minimum atomic E-state index is -1.64. The van der Waals surface area contributed by atoms with Crippen LogP contribution >= 0.6 is 0 Å². The van der Waals surface area contributed by atoms with E-state index in [9.17, 15) is 4.39 Å². The number of aryl methyl sites for hydroxylation is 1. The van der Waals surface area contributed by atoms with Crippen LogP contribution in [0.25, 0.3) is 11.4 Å². The Morgan fingerprint density at radius 3 is 1.94 bits per heavy atom. The fraction of sp³-hybridized carbons (Fsp3) is 0.630. The average Bonchev–Trinajstić information content (AvgIpc) is 2.77. The molecule has 4 heteroatoms. The molecule has 1 aromatic heterocycles. The molecule has 1 unspecified atom stereocenters. The summed E-state index contributed by atoms with van der Waals surface area (Å²) in [5.74, 6) is -0.402. The van der Waals surface area contributed by atoms with Crippen LogP contribution in [0.2, 0.25) is 0 Å². The second-order valence-corrected chi connectivity index (χ2v) is 8.83. The van der Waals surface area contributed by atoms with Crippen molar-refractivity contribution in [3.63, 3.8) is 0 Å². The molecule has 0 saturated carbocycles. The van der Waals surface area contributed by atoms with Crippen LogP contribution in [0.1, 0.15) is 103 Å². The minimum Gasteiger partial charge on any atom is -0.458 e. The lowest BCUT2D eigenvalue weighted by molar-refractivity contribution is -0.0530. The maximum absolute atomic E-state index is 14.6. The van der Waals surface area contributed by atoms with Crippen LogP contribution in [-0.4, -0.2) is 15.8 Å². The molecule has 3 nitrogen and oxygen atoms in total. The third kappa shape index (κ3) is 10.3. The summed E-state index contributed by atoms with van der Waals surface area (Å²) in [6, 6.07) is 7.39. The van der Waals surface area contributed by atoms with Gasteiger partial charge in [0, 0.05) is 31.3 Å². The third-order valence-electron chi connectivity index (χ3n) is 5.69.